The molecular formula is C24H22Cl3N3O. The molecule has 1 atom stereocenters. The molecule has 0 saturated carbocycles. The molecule has 1 fully saturated rings. The van der Waals surface area contributed by atoms with E-state index in [1.54, 1.807) is 13.2 Å². The van der Waals surface area contributed by atoms with Gasteiger partial charge in [-0.3, -0.25) is 0 Å². The molecule has 1 aliphatic heterocycles. The number of oxime groups is 1. The Labute approximate surface area is 197 Å². The highest BCUT2D eigenvalue weighted by Crippen LogP contribution is 2.37. The van der Waals surface area contributed by atoms with Gasteiger partial charge < -0.3 is 14.6 Å². The summed E-state index contributed by atoms with van der Waals surface area (Å²) in [5, 5.41) is 6.31. The summed E-state index contributed by atoms with van der Waals surface area (Å²) in [6.07, 6.45) is 0. The van der Waals surface area contributed by atoms with Gasteiger partial charge in [0.25, 0.3) is 0 Å². The van der Waals surface area contributed by atoms with Crippen molar-refractivity contribution in [1.29, 1.82) is 0 Å². The lowest BCUT2D eigenvalue weighted by molar-refractivity contribution is 0.202. The number of anilines is 1. The van der Waals surface area contributed by atoms with Crippen molar-refractivity contribution in [1.82, 2.24) is 4.90 Å². The molecule has 0 N–H and O–H groups in total. The van der Waals surface area contributed by atoms with E-state index >= 15 is 0 Å². The summed E-state index contributed by atoms with van der Waals surface area (Å²) in [4.78, 5) is 9.75. The number of halogens is 3. The van der Waals surface area contributed by atoms with Crippen LogP contribution in [0.2, 0.25) is 15.1 Å². The van der Waals surface area contributed by atoms with Crippen molar-refractivity contribution >= 4 is 46.3 Å². The molecular weight excluding hydrogens is 453 g/mol. The number of hydrogen-bond acceptors (Lipinski definition) is 3. The zero-order chi connectivity index (χ0) is 21.8. The SMILES string of the molecule is CO/N=C(/c1ccccc1)N1CCN(c2ccc(Cl)cc2Cl)C(c2ccc(Cl)cc2)C1. The lowest BCUT2D eigenvalue weighted by Gasteiger charge is -2.44. The Morgan fingerprint density at radius 1 is 0.903 bits per heavy atom. The smallest absolute Gasteiger partial charge is 0.175 e. The molecule has 4 rings (SSSR count). The minimum atomic E-state index is 0.0375. The van der Waals surface area contributed by atoms with Crippen LogP contribution in [0.15, 0.2) is 78.0 Å². The molecule has 0 aliphatic carbocycles. The van der Waals surface area contributed by atoms with Gasteiger partial charge in [0.2, 0.25) is 0 Å². The van der Waals surface area contributed by atoms with Gasteiger partial charge >= 0.3 is 0 Å². The Kier molecular flexibility index (Phi) is 6.91. The van der Waals surface area contributed by atoms with Crippen LogP contribution in [0.4, 0.5) is 5.69 Å². The zero-order valence-electron chi connectivity index (χ0n) is 17.0. The highest BCUT2D eigenvalue weighted by atomic mass is 35.5. The van der Waals surface area contributed by atoms with Crippen molar-refractivity contribution < 1.29 is 4.84 Å². The minimum absolute atomic E-state index is 0.0375. The van der Waals surface area contributed by atoms with Crippen LogP contribution in [0, 0.1) is 0 Å². The maximum atomic E-state index is 6.58. The largest absolute Gasteiger partial charge is 0.397 e. The molecule has 0 amide bonds. The summed E-state index contributed by atoms with van der Waals surface area (Å²) < 4.78 is 0. The third-order valence-corrected chi connectivity index (χ3v) is 6.15. The van der Waals surface area contributed by atoms with Crippen LogP contribution < -0.4 is 4.90 Å². The van der Waals surface area contributed by atoms with Crippen molar-refractivity contribution in [3.63, 3.8) is 0 Å². The minimum Gasteiger partial charge on any atom is -0.397 e. The van der Waals surface area contributed by atoms with Crippen molar-refractivity contribution in [3.05, 3.63) is 99.0 Å². The standard InChI is InChI=1S/C24H22Cl3N3O/c1-31-28-24(18-5-3-2-4-6-18)29-13-14-30(22-12-11-20(26)15-21(22)27)23(16-29)17-7-9-19(25)10-8-17/h2-12,15,23H,13-14,16H2,1H3/b28-24-. The van der Waals surface area contributed by atoms with Crippen LogP contribution in [0.1, 0.15) is 17.2 Å². The lowest BCUT2D eigenvalue weighted by Crippen LogP contribution is -2.51. The number of piperazine rings is 1. The summed E-state index contributed by atoms with van der Waals surface area (Å²) in [5.41, 5.74) is 3.11. The van der Waals surface area contributed by atoms with E-state index in [-0.39, 0.29) is 6.04 Å². The molecule has 0 bridgehead atoms. The Bertz CT molecular complexity index is 1060. The van der Waals surface area contributed by atoms with Gasteiger partial charge in [-0.1, -0.05) is 82.4 Å². The van der Waals surface area contributed by atoms with Crippen LogP contribution in [-0.2, 0) is 4.84 Å². The van der Waals surface area contributed by atoms with Gasteiger partial charge in [-0.15, -0.1) is 0 Å². The molecule has 0 radical (unpaired) electrons. The number of amidine groups is 1. The van der Waals surface area contributed by atoms with E-state index < -0.39 is 0 Å². The highest BCUT2D eigenvalue weighted by molar-refractivity contribution is 6.36. The third-order valence-electron chi connectivity index (χ3n) is 5.36. The Morgan fingerprint density at radius 2 is 1.61 bits per heavy atom. The first-order chi connectivity index (χ1) is 15.1. The average Bonchev–Trinajstić information content (AvgIpc) is 2.78. The molecule has 1 heterocycles. The first kappa shape index (κ1) is 21.8. The first-order valence-electron chi connectivity index (χ1n) is 9.95. The third kappa shape index (κ3) is 4.93. The number of nitrogens with zero attached hydrogens (tertiary/aromatic N) is 3. The van der Waals surface area contributed by atoms with E-state index in [9.17, 15) is 0 Å². The van der Waals surface area contributed by atoms with Crippen molar-refractivity contribution in [3.8, 4) is 0 Å². The summed E-state index contributed by atoms with van der Waals surface area (Å²) in [6, 6.07) is 23.7. The summed E-state index contributed by atoms with van der Waals surface area (Å²) in [6.45, 7) is 2.22. The van der Waals surface area contributed by atoms with Gasteiger partial charge in [0.05, 0.1) is 16.8 Å². The number of rotatable bonds is 4. The number of hydrogen-bond donors (Lipinski definition) is 0. The fourth-order valence-electron chi connectivity index (χ4n) is 3.91. The van der Waals surface area contributed by atoms with Gasteiger partial charge in [-0.2, -0.15) is 0 Å². The van der Waals surface area contributed by atoms with E-state index in [1.165, 1.54) is 0 Å². The summed E-state index contributed by atoms with van der Waals surface area (Å²) in [7, 11) is 1.57. The van der Waals surface area contributed by atoms with E-state index in [1.807, 2.05) is 54.6 Å². The quantitative estimate of drug-likeness (QED) is 0.245. The van der Waals surface area contributed by atoms with Crippen molar-refractivity contribution in [2.75, 3.05) is 31.6 Å². The van der Waals surface area contributed by atoms with E-state index in [4.69, 9.17) is 39.6 Å². The Morgan fingerprint density at radius 3 is 2.29 bits per heavy atom. The average molecular weight is 475 g/mol. The van der Waals surface area contributed by atoms with Gasteiger partial charge in [0.1, 0.15) is 7.11 Å². The van der Waals surface area contributed by atoms with E-state index in [2.05, 4.69) is 27.1 Å². The summed E-state index contributed by atoms with van der Waals surface area (Å²) >= 11 is 18.9. The first-order valence-corrected chi connectivity index (χ1v) is 11.1. The molecule has 1 unspecified atom stereocenters. The van der Waals surface area contributed by atoms with Crippen molar-refractivity contribution in [2.45, 2.75) is 6.04 Å². The van der Waals surface area contributed by atoms with Gasteiger partial charge in [-0.25, -0.2) is 0 Å². The second-order valence-electron chi connectivity index (χ2n) is 7.27. The molecule has 0 spiro atoms. The Hall–Kier alpha value is -2.40. The fourth-order valence-corrected chi connectivity index (χ4v) is 4.56. The second kappa shape index (κ2) is 9.82. The van der Waals surface area contributed by atoms with E-state index in [0.717, 1.165) is 35.7 Å². The van der Waals surface area contributed by atoms with Crippen molar-refractivity contribution in [2.24, 2.45) is 5.16 Å². The van der Waals surface area contributed by atoms with E-state index in [0.29, 0.717) is 21.6 Å². The molecule has 160 valence electrons. The van der Waals surface area contributed by atoms with Crippen LogP contribution in [-0.4, -0.2) is 37.5 Å². The van der Waals surface area contributed by atoms with Crippen LogP contribution in [0.3, 0.4) is 0 Å². The predicted molar refractivity (Wildman–Crippen MR) is 130 cm³/mol. The molecule has 1 aliphatic rings. The monoisotopic (exact) mass is 473 g/mol. The maximum Gasteiger partial charge on any atom is 0.175 e. The topological polar surface area (TPSA) is 28.1 Å². The van der Waals surface area contributed by atoms with Gasteiger partial charge in [-0.05, 0) is 35.9 Å². The summed E-state index contributed by atoms with van der Waals surface area (Å²) in [5.74, 6) is 0.809. The van der Waals surface area contributed by atoms with Crippen LogP contribution >= 0.6 is 34.8 Å². The molecule has 31 heavy (non-hydrogen) atoms. The maximum absolute atomic E-state index is 6.58. The lowest BCUT2D eigenvalue weighted by atomic mass is 10.0. The van der Waals surface area contributed by atoms with Gasteiger partial charge in [0.15, 0.2) is 5.84 Å². The van der Waals surface area contributed by atoms with Crippen LogP contribution in [0.25, 0.3) is 0 Å². The van der Waals surface area contributed by atoms with Gasteiger partial charge in [0, 0.05) is 35.2 Å². The normalized spacial score (nSPS) is 17.0. The molecule has 7 heteroatoms. The fraction of sp³-hybridized carbons (Fsp3) is 0.208. The zero-order valence-corrected chi connectivity index (χ0v) is 19.3. The molecule has 1 saturated heterocycles. The highest BCUT2D eigenvalue weighted by Gasteiger charge is 2.32. The molecule has 4 nitrogen and oxygen atoms in total. The molecule has 3 aromatic carbocycles. The predicted octanol–water partition coefficient (Wildman–Crippen LogP) is 6.52. The second-order valence-corrected chi connectivity index (χ2v) is 8.55. The number of benzene rings is 3. The Balaban J connectivity index is 1.71. The van der Waals surface area contributed by atoms with Crippen LogP contribution in [0.5, 0.6) is 0 Å². The molecule has 3 aromatic rings. The molecule has 0 aromatic heterocycles.